The Morgan fingerprint density at radius 2 is 1.94 bits per heavy atom. The molecule has 4 heteroatoms. The third kappa shape index (κ3) is 3.55. The van der Waals surface area contributed by atoms with E-state index in [4.69, 9.17) is 0 Å². The lowest BCUT2D eigenvalue weighted by atomic mass is 10.1. The van der Waals surface area contributed by atoms with Crippen molar-refractivity contribution < 1.29 is 4.79 Å². The number of carbonyl (C=O) groups is 1. The van der Waals surface area contributed by atoms with E-state index in [1.54, 1.807) is 0 Å². The first-order chi connectivity index (χ1) is 8.79. The number of hydrogen-bond acceptors (Lipinski definition) is 3. The fraction of sp³-hybridized carbons (Fsp3) is 0.500. The molecule has 98 valence electrons. The highest BCUT2D eigenvalue weighted by molar-refractivity contribution is 5.94. The molecule has 1 heterocycles. The van der Waals surface area contributed by atoms with Gasteiger partial charge in [-0.15, -0.1) is 0 Å². The summed E-state index contributed by atoms with van der Waals surface area (Å²) in [5.41, 5.74) is 2.01. The van der Waals surface area contributed by atoms with Crippen molar-refractivity contribution in [2.75, 3.05) is 32.7 Å². The molecule has 18 heavy (non-hydrogen) atoms. The summed E-state index contributed by atoms with van der Waals surface area (Å²) in [5.74, 6) is 0.00576. The predicted molar refractivity (Wildman–Crippen MR) is 72.6 cm³/mol. The standard InChI is InChI=1S/C14H21N3O/c1-2-16-14(18)13-5-3-12(4-6-13)11-17-9-7-15-8-10-17/h3-6,15H,2,7-11H2,1H3,(H,16,18). The molecule has 1 saturated heterocycles. The van der Waals surface area contributed by atoms with Crippen molar-refractivity contribution in [2.45, 2.75) is 13.5 Å². The Labute approximate surface area is 108 Å². The molecule has 4 nitrogen and oxygen atoms in total. The number of nitrogens with one attached hydrogen (secondary N) is 2. The normalized spacial score (nSPS) is 16.5. The highest BCUT2D eigenvalue weighted by atomic mass is 16.1. The molecule has 2 rings (SSSR count). The van der Waals surface area contributed by atoms with Crippen LogP contribution in [0.25, 0.3) is 0 Å². The highest BCUT2D eigenvalue weighted by Gasteiger charge is 2.10. The number of rotatable bonds is 4. The van der Waals surface area contributed by atoms with E-state index in [1.165, 1.54) is 5.56 Å². The van der Waals surface area contributed by atoms with Crippen molar-refractivity contribution in [3.8, 4) is 0 Å². The van der Waals surface area contributed by atoms with Crippen LogP contribution in [0.3, 0.4) is 0 Å². The van der Waals surface area contributed by atoms with Gasteiger partial charge in [-0.05, 0) is 24.6 Å². The van der Waals surface area contributed by atoms with Crippen LogP contribution < -0.4 is 10.6 Å². The van der Waals surface area contributed by atoms with E-state index in [-0.39, 0.29) is 5.91 Å². The number of nitrogens with zero attached hydrogens (tertiary/aromatic N) is 1. The fourth-order valence-electron chi connectivity index (χ4n) is 2.15. The zero-order chi connectivity index (χ0) is 12.8. The molecule has 1 aliphatic rings. The Morgan fingerprint density at radius 3 is 2.56 bits per heavy atom. The Hall–Kier alpha value is -1.39. The average molecular weight is 247 g/mol. The van der Waals surface area contributed by atoms with Gasteiger partial charge in [0.1, 0.15) is 0 Å². The minimum Gasteiger partial charge on any atom is -0.352 e. The second-order valence-electron chi connectivity index (χ2n) is 4.58. The van der Waals surface area contributed by atoms with Gasteiger partial charge in [0.25, 0.3) is 5.91 Å². The maximum atomic E-state index is 11.6. The third-order valence-corrected chi connectivity index (χ3v) is 3.17. The first-order valence-electron chi connectivity index (χ1n) is 6.60. The SMILES string of the molecule is CCNC(=O)c1ccc(CN2CCNCC2)cc1. The van der Waals surface area contributed by atoms with Gasteiger partial charge in [-0.2, -0.15) is 0 Å². The van der Waals surface area contributed by atoms with Crippen LogP contribution in [-0.2, 0) is 6.54 Å². The Morgan fingerprint density at radius 1 is 1.28 bits per heavy atom. The molecular formula is C14H21N3O. The van der Waals surface area contributed by atoms with Crippen molar-refractivity contribution in [2.24, 2.45) is 0 Å². The predicted octanol–water partition coefficient (Wildman–Crippen LogP) is 0.842. The van der Waals surface area contributed by atoms with Crippen molar-refractivity contribution in [3.63, 3.8) is 0 Å². The van der Waals surface area contributed by atoms with Crippen LogP contribution in [0.2, 0.25) is 0 Å². The number of piperazine rings is 1. The molecule has 0 aliphatic carbocycles. The van der Waals surface area contributed by atoms with Gasteiger partial charge in [0, 0.05) is 44.8 Å². The largest absolute Gasteiger partial charge is 0.352 e. The van der Waals surface area contributed by atoms with Crippen LogP contribution in [0.15, 0.2) is 24.3 Å². The molecular weight excluding hydrogens is 226 g/mol. The molecule has 1 aromatic carbocycles. The van der Waals surface area contributed by atoms with E-state index in [0.717, 1.165) is 38.3 Å². The summed E-state index contributed by atoms with van der Waals surface area (Å²) in [4.78, 5) is 14.0. The summed E-state index contributed by atoms with van der Waals surface area (Å²) in [7, 11) is 0. The van der Waals surface area contributed by atoms with E-state index in [0.29, 0.717) is 6.54 Å². The Kier molecular flexibility index (Phi) is 4.73. The molecule has 0 unspecified atom stereocenters. The first kappa shape index (κ1) is 13.1. The molecule has 0 saturated carbocycles. The zero-order valence-corrected chi connectivity index (χ0v) is 10.9. The molecule has 0 aromatic heterocycles. The Bertz CT molecular complexity index is 383. The van der Waals surface area contributed by atoms with Crippen molar-refractivity contribution >= 4 is 5.91 Å². The van der Waals surface area contributed by atoms with Gasteiger partial charge in [0.05, 0.1) is 0 Å². The van der Waals surface area contributed by atoms with Gasteiger partial charge in [-0.25, -0.2) is 0 Å². The van der Waals surface area contributed by atoms with Crippen molar-refractivity contribution in [1.29, 1.82) is 0 Å². The number of benzene rings is 1. The number of carbonyl (C=O) groups excluding carboxylic acids is 1. The second kappa shape index (κ2) is 6.52. The molecule has 1 amide bonds. The van der Waals surface area contributed by atoms with E-state index < -0.39 is 0 Å². The third-order valence-electron chi connectivity index (χ3n) is 3.17. The molecule has 0 atom stereocenters. The van der Waals surface area contributed by atoms with E-state index >= 15 is 0 Å². The molecule has 1 aliphatic heterocycles. The monoisotopic (exact) mass is 247 g/mol. The maximum Gasteiger partial charge on any atom is 0.251 e. The van der Waals surface area contributed by atoms with Crippen molar-refractivity contribution in [1.82, 2.24) is 15.5 Å². The lowest BCUT2D eigenvalue weighted by molar-refractivity contribution is 0.0956. The smallest absolute Gasteiger partial charge is 0.251 e. The van der Waals surface area contributed by atoms with Gasteiger partial charge in [-0.1, -0.05) is 12.1 Å². The van der Waals surface area contributed by atoms with Gasteiger partial charge < -0.3 is 10.6 Å². The summed E-state index contributed by atoms with van der Waals surface area (Å²) in [6, 6.07) is 7.91. The van der Waals surface area contributed by atoms with Crippen molar-refractivity contribution in [3.05, 3.63) is 35.4 Å². The van der Waals surface area contributed by atoms with Crippen LogP contribution in [0.1, 0.15) is 22.8 Å². The van der Waals surface area contributed by atoms with E-state index in [1.807, 2.05) is 31.2 Å². The second-order valence-corrected chi connectivity index (χ2v) is 4.58. The molecule has 0 spiro atoms. The molecule has 0 bridgehead atoms. The van der Waals surface area contributed by atoms with Gasteiger partial charge in [0.2, 0.25) is 0 Å². The van der Waals surface area contributed by atoms with Gasteiger partial charge in [-0.3, -0.25) is 9.69 Å². The summed E-state index contributed by atoms with van der Waals surface area (Å²) in [6.45, 7) is 7.89. The summed E-state index contributed by atoms with van der Waals surface area (Å²) < 4.78 is 0. The van der Waals surface area contributed by atoms with Crippen LogP contribution in [0, 0.1) is 0 Å². The summed E-state index contributed by atoms with van der Waals surface area (Å²) in [5, 5.41) is 6.15. The van der Waals surface area contributed by atoms with Crippen LogP contribution in [0.5, 0.6) is 0 Å². The number of amides is 1. The average Bonchev–Trinajstić information content (AvgIpc) is 2.41. The quantitative estimate of drug-likeness (QED) is 0.829. The van der Waals surface area contributed by atoms with Gasteiger partial charge >= 0.3 is 0 Å². The van der Waals surface area contributed by atoms with E-state index in [2.05, 4.69) is 15.5 Å². The lowest BCUT2D eigenvalue weighted by Gasteiger charge is -2.27. The van der Waals surface area contributed by atoms with E-state index in [9.17, 15) is 4.79 Å². The van der Waals surface area contributed by atoms with Crippen LogP contribution in [0.4, 0.5) is 0 Å². The summed E-state index contributed by atoms with van der Waals surface area (Å²) in [6.07, 6.45) is 0. The molecule has 1 fully saturated rings. The minimum absolute atomic E-state index is 0.00576. The topological polar surface area (TPSA) is 44.4 Å². The maximum absolute atomic E-state index is 11.6. The number of hydrogen-bond donors (Lipinski definition) is 2. The molecule has 1 aromatic rings. The molecule has 0 radical (unpaired) electrons. The van der Waals surface area contributed by atoms with Gasteiger partial charge in [0.15, 0.2) is 0 Å². The summed E-state index contributed by atoms with van der Waals surface area (Å²) >= 11 is 0. The van der Waals surface area contributed by atoms with Crippen LogP contribution >= 0.6 is 0 Å². The zero-order valence-electron chi connectivity index (χ0n) is 10.9. The van der Waals surface area contributed by atoms with Crippen LogP contribution in [-0.4, -0.2) is 43.5 Å². The fourth-order valence-corrected chi connectivity index (χ4v) is 2.15. The lowest BCUT2D eigenvalue weighted by Crippen LogP contribution is -2.42. The Balaban J connectivity index is 1.92. The minimum atomic E-state index is 0.00576. The highest BCUT2D eigenvalue weighted by Crippen LogP contribution is 2.08. The first-order valence-corrected chi connectivity index (χ1v) is 6.60. The molecule has 2 N–H and O–H groups in total.